The molecule has 84 valence electrons. The van der Waals surface area contributed by atoms with Crippen molar-refractivity contribution in [2.75, 3.05) is 0 Å². The smallest absolute Gasteiger partial charge is 0.119 e. The summed E-state index contributed by atoms with van der Waals surface area (Å²) in [4.78, 5) is 0. The van der Waals surface area contributed by atoms with Gasteiger partial charge in [0.1, 0.15) is 12.4 Å². The maximum Gasteiger partial charge on any atom is 0.119 e. The highest BCUT2D eigenvalue weighted by molar-refractivity contribution is 5.34. The molecule has 0 bridgehead atoms. The predicted octanol–water partition coefficient (Wildman–Crippen LogP) is 3.45. The lowest BCUT2D eigenvalue weighted by molar-refractivity contribution is 0.306. The lowest BCUT2D eigenvalue weighted by Gasteiger charge is -2.06. The fourth-order valence-corrected chi connectivity index (χ4v) is 1.59. The molecule has 0 N–H and O–H groups in total. The summed E-state index contributed by atoms with van der Waals surface area (Å²) in [6, 6.07) is 17.4. The van der Waals surface area contributed by atoms with Crippen LogP contribution >= 0.6 is 0 Å². The minimum atomic E-state index is 0.549. The van der Waals surface area contributed by atoms with Crippen molar-refractivity contribution in [1.82, 2.24) is 0 Å². The molecular weight excluding hydrogens is 210 g/mol. The van der Waals surface area contributed by atoms with Crippen molar-refractivity contribution in [3.63, 3.8) is 0 Å². The molecule has 2 heteroatoms. The first kappa shape index (κ1) is 11.2. The van der Waals surface area contributed by atoms with Crippen LogP contribution in [0.25, 0.3) is 0 Å². The van der Waals surface area contributed by atoms with Crippen molar-refractivity contribution in [1.29, 1.82) is 5.26 Å². The van der Waals surface area contributed by atoms with Gasteiger partial charge in [-0.3, -0.25) is 0 Å². The first-order valence-electron chi connectivity index (χ1n) is 5.46. The first-order valence-corrected chi connectivity index (χ1v) is 5.46. The molecule has 17 heavy (non-hydrogen) atoms. The van der Waals surface area contributed by atoms with Crippen LogP contribution in [0.5, 0.6) is 5.75 Å². The maximum absolute atomic E-state index is 8.68. The predicted molar refractivity (Wildman–Crippen MR) is 66.7 cm³/mol. The van der Waals surface area contributed by atoms with E-state index in [0.29, 0.717) is 12.2 Å². The van der Waals surface area contributed by atoms with E-state index < -0.39 is 0 Å². The van der Waals surface area contributed by atoms with Gasteiger partial charge in [0.25, 0.3) is 0 Å². The Labute approximate surface area is 101 Å². The average Bonchev–Trinajstić information content (AvgIpc) is 2.37. The molecule has 2 aromatic rings. The van der Waals surface area contributed by atoms with Crippen molar-refractivity contribution in [2.24, 2.45) is 0 Å². The summed E-state index contributed by atoms with van der Waals surface area (Å²) in [5, 5.41) is 8.68. The number of nitrogens with zero attached hydrogens (tertiary/aromatic N) is 1. The molecule has 2 rings (SSSR count). The molecule has 0 aliphatic heterocycles. The number of hydrogen-bond acceptors (Lipinski definition) is 2. The fourth-order valence-electron chi connectivity index (χ4n) is 1.59. The number of nitriles is 1. The quantitative estimate of drug-likeness (QED) is 0.798. The van der Waals surface area contributed by atoms with Gasteiger partial charge in [0.05, 0.1) is 11.6 Å². The van der Waals surface area contributed by atoms with Crippen LogP contribution in [-0.4, -0.2) is 0 Å². The van der Waals surface area contributed by atoms with E-state index >= 15 is 0 Å². The molecule has 0 saturated carbocycles. The Morgan fingerprint density at radius 1 is 1.12 bits per heavy atom. The lowest BCUT2D eigenvalue weighted by atomic mass is 10.1. The number of rotatable bonds is 3. The van der Waals surface area contributed by atoms with E-state index in [1.165, 1.54) is 5.56 Å². The van der Waals surface area contributed by atoms with Crippen molar-refractivity contribution in [2.45, 2.75) is 13.5 Å². The molecule has 2 nitrogen and oxygen atoms in total. The highest BCUT2D eigenvalue weighted by atomic mass is 16.5. The molecule has 0 aliphatic rings. The molecule has 0 saturated heterocycles. The standard InChI is InChI=1S/C15H13NO/c1-12-3-2-4-14(9-12)11-17-15-7-5-13(10-16)6-8-15/h2-9H,11H2,1H3. The van der Waals surface area contributed by atoms with E-state index in [0.717, 1.165) is 11.3 Å². The second kappa shape index (κ2) is 5.18. The Kier molecular flexibility index (Phi) is 3.42. The lowest BCUT2D eigenvalue weighted by Crippen LogP contribution is -1.95. The summed E-state index contributed by atoms with van der Waals surface area (Å²) in [5.74, 6) is 0.783. The van der Waals surface area contributed by atoms with Gasteiger partial charge in [-0.25, -0.2) is 0 Å². The van der Waals surface area contributed by atoms with Crippen molar-refractivity contribution < 1.29 is 4.74 Å². The monoisotopic (exact) mass is 223 g/mol. The third kappa shape index (κ3) is 3.09. The maximum atomic E-state index is 8.68. The van der Waals surface area contributed by atoms with Gasteiger partial charge in [-0.15, -0.1) is 0 Å². The molecule has 0 aliphatic carbocycles. The largest absolute Gasteiger partial charge is 0.489 e. The van der Waals surface area contributed by atoms with E-state index in [4.69, 9.17) is 10.00 Å². The van der Waals surface area contributed by atoms with E-state index in [-0.39, 0.29) is 0 Å². The van der Waals surface area contributed by atoms with Crippen LogP contribution in [0.15, 0.2) is 48.5 Å². The number of aryl methyl sites for hydroxylation is 1. The zero-order valence-electron chi connectivity index (χ0n) is 9.68. The second-order valence-electron chi connectivity index (χ2n) is 3.91. The van der Waals surface area contributed by atoms with Gasteiger partial charge in [0.15, 0.2) is 0 Å². The summed E-state index contributed by atoms with van der Waals surface area (Å²) >= 11 is 0. The third-order valence-electron chi connectivity index (χ3n) is 2.47. The fraction of sp³-hybridized carbons (Fsp3) is 0.133. The van der Waals surface area contributed by atoms with Gasteiger partial charge in [0, 0.05) is 0 Å². The van der Waals surface area contributed by atoms with E-state index in [1.54, 1.807) is 12.1 Å². The van der Waals surface area contributed by atoms with Crippen LogP contribution in [-0.2, 0) is 6.61 Å². The summed E-state index contributed by atoms with van der Waals surface area (Å²) in [5.41, 5.74) is 3.02. The van der Waals surface area contributed by atoms with Crippen molar-refractivity contribution in [3.8, 4) is 11.8 Å². The van der Waals surface area contributed by atoms with Crippen LogP contribution in [0.2, 0.25) is 0 Å². The number of hydrogen-bond donors (Lipinski definition) is 0. The van der Waals surface area contributed by atoms with Gasteiger partial charge in [-0.2, -0.15) is 5.26 Å². The molecular formula is C15H13NO. The molecule has 0 spiro atoms. The van der Waals surface area contributed by atoms with Crippen LogP contribution < -0.4 is 4.74 Å². The Bertz CT molecular complexity index is 538. The average molecular weight is 223 g/mol. The summed E-state index contributed by atoms with van der Waals surface area (Å²) in [7, 11) is 0. The Balaban J connectivity index is 2.00. The molecule has 2 aromatic carbocycles. The minimum Gasteiger partial charge on any atom is -0.489 e. The summed E-state index contributed by atoms with van der Waals surface area (Å²) in [6.45, 7) is 2.61. The molecule has 0 aromatic heterocycles. The molecule has 0 atom stereocenters. The topological polar surface area (TPSA) is 33.0 Å². The van der Waals surface area contributed by atoms with Gasteiger partial charge >= 0.3 is 0 Å². The van der Waals surface area contributed by atoms with Crippen LogP contribution in [0.1, 0.15) is 16.7 Å². The molecule has 0 unspecified atom stereocenters. The third-order valence-corrected chi connectivity index (χ3v) is 2.47. The van der Waals surface area contributed by atoms with Crippen LogP contribution in [0.4, 0.5) is 0 Å². The van der Waals surface area contributed by atoms with E-state index in [2.05, 4.69) is 25.1 Å². The van der Waals surface area contributed by atoms with Crippen LogP contribution in [0.3, 0.4) is 0 Å². The number of ether oxygens (including phenoxy) is 1. The zero-order chi connectivity index (χ0) is 12.1. The van der Waals surface area contributed by atoms with Gasteiger partial charge in [-0.1, -0.05) is 29.8 Å². The number of benzene rings is 2. The molecule has 0 fully saturated rings. The molecule has 0 amide bonds. The van der Waals surface area contributed by atoms with Crippen molar-refractivity contribution >= 4 is 0 Å². The highest BCUT2D eigenvalue weighted by Crippen LogP contribution is 2.14. The van der Waals surface area contributed by atoms with E-state index in [9.17, 15) is 0 Å². The van der Waals surface area contributed by atoms with E-state index in [1.807, 2.05) is 24.3 Å². The summed E-state index contributed by atoms with van der Waals surface area (Å²) < 4.78 is 5.64. The highest BCUT2D eigenvalue weighted by Gasteiger charge is 1.97. The molecule has 0 heterocycles. The zero-order valence-corrected chi connectivity index (χ0v) is 9.68. The minimum absolute atomic E-state index is 0.549. The SMILES string of the molecule is Cc1cccc(COc2ccc(C#N)cc2)c1. The molecule has 0 radical (unpaired) electrons. The Morgan fingerprint density at radius 3 is 2.53 bits per heavy atom. The van der Waals surface area contributed by atoms with Gasteiger partial charge in [-0.05, 0) is 36.8 Å². The van der Waals surface area contributed by atoms with Gasteiger partial charge < -0.3 is 4.74 Å². The Morgan fingerprint density at radius 2 is 1.88 bits per heavy atom. The Hall–Kier alpha value is -2.27. The second-order valence-corrected chi connectivity index (χ2v) is 3.91. The normalized spacial score (nSPS) is 9.65. The van der Waals surface area contributed by atoms with Crippen LogP contribution in [0, 0.1) is 18.3 Å². The first-order chi connectivity index (χ1) is 8.28. The van der Waals surface area contributed by atoms with Crippen molar-refractivity contribution in [3.05, 3.63) is 65.2 Å². The summed E-state index contributed by atoms with van der Waals surface area (Å²) in [6.07, 6.45) is 0. The van der Waals surface area contributed by atoms with Gasteiger partial charge in [0.2, 0.25) is 0 Å².